The third kappa shape index (κ3) is 6.99. The number of carbonyl (C=O) groups is 2. The summed E-state index contributed by atoms with van der Waals surface area (Å²) in [6, 6.07) is 6.09. The van der Waals surface area contributed by atoms with Gasteiger partial charge < -0.3 is 15.7 Å². The van der Waals surface area contributed by atoms with Crippen molar-refractivity contribution in [1.29, 1.82) is 0 Å². The molecule has 0 saturated carbocycles. The van der Waals surface area contributed by atoms with Gasteiger partial charge in [-0.05, 0) is 30.5 Å². The molecule has 0 bridgehead atoms. The third-order valence-corrected chi connectivity index (χ3v) is 3.31. The number of carboxylic acid groups (broad SMARTS) is 1. The molecule has 0 aliphatic rings. The normalized spacial score (nSPS) is 11.7. The molecule has 0 heterocycles. The van der Waals surface area contributed by atoms with Gasteiger partial charge in [-0.15, -0.1) is 0 Å². The standard InChI is InChI=1S/C15H21ClN2O3/c1-2-3-4-13(14(19)20)18-15(21)17-10-9-11-5-7-12(16)8-6-11/h5-8,13H,2-4,9-10H2,1H3,(H,19,20)(H2,17,18,21). The van der Waals surface area contributed by atoms with Crippen molar-refractivity contribution in [3.8, 4) is 0 Å². The fourth-order valence-electron chi connectivity index (χ4n) is 1.85. The molecule has 0 fully saturated rings. The van der Waals surface area contributed by atoms with Crippen LogP contribution in [0.15, 0.2) is 24.3 Å². The summed E-state index contributed by atoms with van der Waals surface area (Å²) in [5.41, 5.74) is 1.06. The van der Waals surface area contributed by atoms with E-state index in [1.807, 2.05) is 19.1 Å². The van der Waals surface area contributed by atoms with Gasteiger partial charge in [0, 0.05) is 11.6 Å². The van der Waals surface area contributed by atoms with Crippen LogP contribution in [0.3, 0.4) is 0 Å². The van der Waals surface area contributed by atoms with Crippen LogP contribution >= 0.6 is 11.6 Å². The summed E-state index contributed by atoms with van der Waals surface area (Å²) in [4.78, 5) is 22.7. The lowest BCUT2D eigenvalue weighted by Crippen LogP contribution is -2.46. The quantitative estimate of drug-likeness (QED) is 0.690. The highest BCUT2D eigenvalue weighted by molar-refractivity contribution is 6.30. The zero-order valence-corrected chi connectivity index (χ0v) is 12.8. The Labute approximate surface area is 129 Å². The Bertz CT molecular complexity index is 462. The zero-order chi connectivity index (χ0) is 15.7. The summed E-state index contributed by atoms with van der Waals surface area (Å²) in [6.07, 6.45) is 2.76. The molecule has 0 aliphatic heterocycles. The van der Waals surface area contributed by atoms with Crippen LogP contribution in [0.4, 0.5) is 4.79 Å². The molecular formula is C15H21ClN2O3. The van der Waals surface area contributed by atoms with Crippen LogP contribution in [0.5, 0.6) is 0 Å². The van der Waals surface area contributed by atoms with Crippen LogP contribution in [0.25, 0.3) is 0 Å². The number of unbranched alkanes of at least 4 members (excludes halogenated alkanes) is 1. The number of carboxylic acids is 1. The molecule has 21 heavy (non-hydrogen) atoms. The number of rotatable bonds is 8. The van der Waals surface area contributed by atoms with Crippen molar-refractivity contribution < 1.29 is 14.7 Å². The number of halogens is 1. The van der Waals surface area contributed by atoms with E-state index in [1.165, 1.54) is 0 Å². The van der Waals surface area contributed by atoms with E-state index in [2.05, 4.69) is 10.6 Å². The zero-order valence-electron chi connectivity index (χ0n) is 12.1. The molecule has 0 aliphatic carbocycles. The van der Waals surface area contributed by atoms with E-state index in [4.69, 9.17) is 16.7 Å². The molecule has 0 aromatic heterocycles. The van der Waals surface area contributed by atoms with E-state index in [-0.39, 0.29) is 0 Å². The molecule has 2 amide bonds. The second-order valence-electron chi connectivity index (χ2n) is 4.81. The first kappa shape index (κ1) is 17.3. The van der Waals surface area contributed by atoms with Crippen LogP contribution in [0, 0.1) is 0 Å². The lowest BCUT2D eigenvalue weighted by Gasteiger charge is -2.14. The van der Waals surface area contributed by atoms with E-state index in [9.17, 15) is 9.59 Å². The summed E-state index contributed by atoms with van der Waals surface area (Å²) in [7, 11) is 0. The highest BCUT2D eigenvalue weighted by Crippen LogP contribution is 2.09. The molecule has 1 rings (SSSR count). The van der Waals surface area contributed by atoms with Crippen molar-refractivity contribution in [2.24, 2.45) is 0 Å². The van der Waals surface area contributed by atoms with E-state index in [1.54, 1.807) is 12.1 Å². The number of aliphatic carboxylic acids is 1. The van der Waals surface area contributed by atoms with Crippen molar-refractivity contribution in [2.75, 3.05) is 6.54 Å². The van der Waals surface area contributed by atoms with Gasteiger partial charge in [0.1, 0.15) is 6.04 Å². The smallest absolute Gasteiger partial charge is 0.326 e. The topological polar surface area (TPSA) is 78.4 Å². The van der Waals surface area contributed by atoms with Gasteiger partial charge in [0.2, 0.25) is 0 Å². The number of hydrogen-bond donors (Lipinski definition) is 3. The van der Waals surface area contributed by atoms with Crippen LogP contribution in [0.1, 0.15) is 31.7 Å². The molecule has 1 unspecified atom stereocenters. The minimum absolute atomic E-state index is 0.438. The number of nitrogens with one attached hydrogen (secondary N) is 2. The molecule has 116 valence electrons. The van der Waals surface area contributed by atoms with Crippen molar-refractivity contribution in [2.45, 2.75) is 38.6 Å². The Balaban J connectivity index is 2.32. The van der Waals surface area contributed by atoms with Gasteiger partial charge in [-0.2, -0.15) is 0 Å². The lowest BCUT2D eigenvalue weighted by atomic mass is 10.1. The molecule has 1 aromatic rings. The monoisotopic (exact) mass is 312 g/mol. The second kappa shape index (κ2) is 9.23. The van der Waals surface area contributed by atoms with E-state index >= 15 is 0 Å². The molecule has 1 atom stereocenters. The van der Waals surface area contributed by atoms with E-state index in [0.29, 0.717) is 24.4 Å². The maximum Gasteiger partial charge on any atom is 0.326 e. The van der Waals surface area contributed by atoms with Gasteiger partial charge in [0.05, 0.1) is 0 Å². The molecule has 0 radical (unpaired) electrons. The maximum absolute atomic E-state index is 11.7. The van der Waals surface area contributed by atoms with Gasteiger partial charge in [-0.25, -0.2) is 9.59 Å². The van der Waals surface area contributed by atoms with Gasteiger partial charge >= 0.3 is 12.0 Å². The molecule has 6 heteroatoms. The van der Waals surface area contributed by atoms with Gasteiger partial charge in [-0.3, -0.25) is 0 Å². The Morgan fingerprint density at radius 3 is 2.52 bits per heavy atom. The molecular weight excluding hydrogens is 292 g/mol. The van der Waals surface area contributed by atoms with Gasteiger partial charge in [0.25, 0.3) is 0 Å². The van der Waals surface area contributed by atoms with Gasteiger partial charge in [0.15, 0.2) is 0 Å². The first-order valence-corrected chi connectivity index (χ1v) is 7.42. The average molecular weight is 313 g/mol. The molecule has 5 nitrogen and oxygen atoms in total. The van der Waals surface area contributed by atoms with E-state index < -0.39 is 18.0 Å². The average Bonchev–Trinajstić information content (AvgIpc) is 2.45. The van der Waals surface area contributed by atoms with Crippen LogP contribution in [-0.4, -0.2) is 29.7 Å². The first-order chi connectivity index (χ1) is 10.0. The van der Waals surface area contributed by atoms with Crippen LogP contribution < -0.4 is 10.6 Å². The number of carbonyl (C=O) groups excluding carboxylic acids is 1. The predicted octanol–water partition coefficient (Wildman–Crippen LogP) is 2.83. The highest BCUT2D eigenvalue weighted by Gasteiger charge is 2.18. The Morgan fingerprint density at radius 2 is 1.95 bits per heavy atom. The molecule has 3 N–H and O–H groups in total. The van der Waals surface area contributed by atoms with Crippen LogP contribution in [-0.2, 0) is 11.2 Å². The Morgan fingerprint density at radius 1 is 1.29 bits per heavy atom. The van der Waals surface area contributed by atoms with Crippen molar-refractivity contribution in [3.05, 3.63) is 34.9 Å². The van der Waals surface area contributed by atoms with Crippen molar-refractivity contribution in [3.63, 3.8) is 0 Å². The lowest BCUT2D eigenvalue weighted by molar-refractivity contribution is -0.139. The van der Waals surface area contributed by atoms with Gasteiger partial charge in [-0.1, -0.05) is 43.5 Å². The highest BCUT2D eigenvalue weighted by atomic mass is 35.5. The minimum Gasteiger partial charge on any atom is -0.480 e. The Kier molecular flexibility index (Phi) is 7.61. The molecule has 0 saturated heterocycles. The van der Waals surface area contributed by atoms with E-state index in [0.717, 1.165) is 18.4 Å². The summed E-state index contributed by atoms with van der Waals surface area (Å²) in [5.74, 6) is -1.00. The van der Waals surface area contributed by atoms with Crippen molar-refractivity contribution >= 4 is 23.6 Å². The third-order valence-electron chi connectivity index (χ3n) is 3.06. The fraction of sp³-hybridized carbons (Fsp3) is 0.467. The number of benzene rings is 1. The SMILES string of the molecule is CCCCC(NC(=O)NCCc1ccc(Cl)cc1)C(=O)O. The van der Waals surface area contributed by atoms with Crippen molar-refractivity contribution in [1.82, 2.24) is 10.6 Å². The van der Waals surface area contributed by atoms with Crippen LogP contribution in [0.2, 0.25) is 5.02 Å². The summed E-state index contributed by atoms with van der Waals surface area (Å²) in [6.45, 7) is 2.42. The fourth-order valence-corrected chi connectivity index (χ4v) is 1.97. The predicted molar refractivity (Wildman–Crippen MR) is 82.6 cm³/mol. The summed E-state index contributed by atoms with van der Waals surface area (Å²) in [5, 5.41) is 14.8. The summed E-state index contributed by atoms with van der Waals surface area (Å²) >= 11 is 5.79. The first-order valence-electron chi connectivity index (χ1n) is 7.04. The number of urea groups is 1. The number of hydrogen-bond acceptors (Lipinski definition) is 2. The summed E-state index contributed by atoms with van der Waals surface area (Å²) < 4.78 is 0. The largest absolute Gasteiger partial charge is 0.480 e. The minimum atomic E-state index is -1.00. The molecule has 1 aromatic carbocycles. The second-order valence-corrected chi connectivity index (χ2v) is 5.25. The Hall–Kier alpha value is -1.75. The number of amides is 2. The molecule has 0 spiro atoms. The maximum atomic E-state index is 11.7.